The zero-order valence-electron chi connectivity index (χ0n) is 21.5. The first kappa shape index (κ1) is 24.6. The highest BCUT2D eigenvalue weighted by Crippen LogP contribution is 2.29. The number of carbonyl (C=O) groups excluding carboxylic acids is 3. The lowest BCUT2D eigenvalue weighted by Gasteiger charge is -2.40. The highest BCUT2D eigenvalue weighted by Gasteiger charge is 2.42. The summed E-state index contributed by atoms with van der Waals surface area (Å²) in [6, 6.07) is 6.42. The second-order valence-corrected chi connectivity index (χ2v) is 11.2. The van der Waals surface area contributed by atoms with Crippen LogP contribution in [0.1, 0.15) is 51.2 Å². The molecule has 7 nitrogen and oxygen atoms in total. The number of aryl methyl sites for hydroxylation is 1. The first-order valence-electron chi connectivity index (χ1n) is 12.8. The van der Waals surface area contributed by atoms with E-state index in [4.69, 9.17) is 0 Å². The van der Waals surface area contributed by atoms with Gasteiger partial charge in [0.1, 0.15) is 0 Å². The topological polar surface area (TPSA) is 64.2 Å². The number of amides is 3. The highest BCUT2D eigenvalue weighted by molar-refractivity contribution is 5.90. The first-order valence-corrected chi connectivity index (χ1v) is 12.8. The molecule has 1 aromatic carbocycles. The molecule has 3 aliphatic rings. The molecule has 0 spiro atoms. The molecule has 0 bridgehead atoms. The lowest BCUT2D eigenvalue weighted by atomic mass is 9.93. The molecule has 1 unspecified atom stereocenters. The van der Waals surface area contributed by atoms with Gasteiger partial charge in [0.2, 0.25) is 17.7 Å². The Morgan fingerprint density at radius 3 is 2.03 bits per heavy atom. The molecule has 1 aromatic rings. The van der Waals surface area contributed by atoms with E-state index in [1.54, 1.807) is 0 Å². The Hall–Kier alpha value is -2.57. The van der Waals surface area contributed by atoms with Crippen molar-refractivity contribution in [1.29, 1.82) is 0 Å². The fraction of sp³-hybridized carbons (Fsp3) is 0.667. The van der Waals surface area contributed by atoms with E-state index in [0.717, 1.165) is 26.2 Å². The summed E-state index contributed by atoms with van der Waals surface area (Å²) in [4.78, 5) is 46.8. The standard InChI is InChI=1S/C27H40N4O3/c1-19-7-6-8-23(20(19)2)28-13-15-30(16-14-28)25(33)21-9-11-29(12-10-21)26(34)22-17-24(32)31(18-22)27(3,4)5/h6-8,21-22H,9-18H2,1-5H3. The third-order valence-corrected chi connectivity index (χ3v) is 7.95. The smallest absolute Gasteiger partial charge is 0.227 e. The van der Waals surface area contributed by atoms with Crippen molar-refractivity contribution in [2.75, 3.05) is 50.7 Å². The number of benzene rings is 1. The fourth-order valence-corrected chi connectivity index (χ4v) is 5.63. The number of anilines is 1. The maximum absolute atomic E-state index is 13.2. The summed E-state index contributed by atoms with van der Waals surface area (Å²) in [6.45, 7) is 15.3. The van der Waals surface area contributed by atoms with Crippen LogP contribution in [-0.4, -0.2) is 83.8 Å². The van der Waals surface area contributed by atoms with Crippen molar-refractivity contribution in [2.24, 2.45) is 11.8 Å². The van der Waals surface area contributed by atoms with Gasteiger partial charge in [0, 0.05) is 69.4 Å². The molecule has 3 saturated heterocycles. The van der Waals surface area contributed by atoms with Crippen molar-refractivity contribution in [2.45, 2.75) is 59.4 Å². The van der Waals surface area contributed by atoms with Crippen LogP contribution in [0.5, 0.6) is 0 Å². The summed E-state index contributed by atoms with van der Waals surface area (Å²) < 4.78 is 0. The van der Waals surface area contributed by atoms with Crippen molar-refractivity contribution in [3.63, 3.8) is 0 Å². The van der Waals surface area contributed by atoms with Crippen LogP contribution in [0.3, 0.4) is 0 Å². The summed E-state index contributed by atoms with van der Waals surface area (Å²) in [6.07, 6.45) is 1.73. The van der Waals surface area contributed by atoms with Gasteiger partial charge in [0.25, 0.3) is 0 Å². The lowest BCUT2D eigenvalue weighted by molar-refractivity contribution is -0.142. The second kappa shape index (κ2) is 9.59. The third kappa shape index (κ3) is 4.93. The maximum atomic E-state index is 13.2. The lowest BCUT2D eigenvalue weighted by Crippen LogP contribution is -2.52. The fourth-order valence-electron chi connectivity index (χ4n) is 5.63. The molecule has 0 N–H and O–H groups in total. The third-order valence-electron chi connectivity index (χ3n) is 7.95. The number of piperazine rings is 1. The minimum atomic E-state index is -0.256. The molecule has 0 radical (unpaired) electrons. The average Bonchev–Trinajstić information content (AvgIpc) is 3.22. The Morgan fingerprint density at radius 2 is 1.44 bits per heavy atom. The van der Waals surface area contributed by atoms with Crippen LogP contribution >= 0.6 is 0 Å². The van der Waals surface area contributed by atoms with Gasteiger partial charge in [-0.05, 0) is 64.7 Å². The van der Waals surface area contributed by atoms with E-state index in [1.807, 2.05) is 35.5 Å². The van der Waals surface area contributed by atoms with Gasteiger partial charge in [0.15, 0.2) is 0 Å². The van der Waals surface area contributed by atoms with Crippen LogP contribution in [0.25, 0.3) is 0 Å². The van der Waals surface area contributed by atoms with E-state index in [-0.39, 0.29) is 35.1 Å². The van der Waals surface area contributed by atoms with Crippen LogP contribution < -0.4 is 4.90 Å². The normalized spacial score (nSPS) is 22.5. The van der Waals surface area contributed by atoms with Crippen molar-refractivity contribution in [3.05, 3.63) is 29.3 Å². The van der Waals surface area contributed by atoms with Crippen LogP contribution in [0.4, 0.5) is 5.69 Å². The molecule has 0 aromatic heterocycles. The number of likely N-dealkylation sites (tertiary alicyclic amines) is 2. The summed E-state index contributed by atoms with van der Waals surface area (Å²) >= 11 is 0. The number of hydrogen-bond donors (Lipinski definition) is 0. The number of piperidine rings is 1. The first-order chi connectivity index (χ1) is 16.1. The molecule has 186 valence electrons. The molecular formula is C27H40N4O3. The number of nitrogens with zero attached hydrogens (tertiary/aromatic N) is 4. The Labute approximate surface area is 204 Å². The summed E-state index contributed by atoms with van der Waals surface area (Å²) in [5, 5.41) is 0. The molecule has 3 amide bonds. The van der Waals surface area contributed by atoms with Crippen LogP contribution in [-0.2, 0) is 14.4 Å². The molecule has 0 aliphatic carbocycles. The molecule has 3 aliphatic heterocycles. The molecule has 34 heavy (non-hydrogen) atoms. The number of rotatable bonds is 3. The molecule has 1 atom stereocenters. The van der Waals surface area contributed by atoms with E-state index >= 15 is 0 Å². The number of hydrogen-bond acceptors (Lipinski definition) is 4. The van der Waals surface area contributed by atoms with E-state index in [0.29, 0.717) is 38.9 Å². The molecular weight excluding hydrogens is 428 g/mol. The van der Waals surface area contributed by atoms with E-state index < -0.39 is 0 Å². The molecule has 7 heteroatoms. The molecule has 3 heterocycles. The van der Waals surface area contributed by atoms with Gasteiger partial charge in [-0.25, -0.2) is 0 Å². The molecule has 4 rings (SSSR count). The summed E-state index contributed by atoms with van der Waals surface area (Å²) in [5.41, 5.74) is 3.63. The van der Waals surface area contributed by atoms with Crippen molar-refractivity contribution < 1.29 is 14.4 Å². The van der Waals surface area contributed by atoms with E-state index in [1.165, 1.54) is 16.8 Å². The van der Waals surface area contributed by atoms with Crippen LogP contribution in [0, 0.1) is 25.7 Å². The summed E-state index contributed by atoms with van der Waals surface area (Å²) in [5.74, 6) is 0.122. The Balaban J connectivity index is 1.26. The van der Waals surface area contributed by atoms with Crippen molar-refractivity contribution >= 4 is 23.4 Å². The predicted molar refractivity (Wildman–Crippen MR) is 134 cm³/mol. The van der Waals surface area contributed by atoms with Crippen LogP contribution in [0.2, 0.25) is 0 Å². The largest absolute Gasteiger partial charge is 0.368 e. The van der Waals surface area contributed by atoms with E-state index in [2.05, 4.69) is 36.9 Å². The highest BCUT2D eigenvalue weighted by atomic mass is 16.2. The maximum Gasteiger partial charge on any atom is 0.227 e. The minimum Gasteiger partial charge on any atom is -0.368 e. The zero-order valence-corrected chi connectivity index (χ0v) is 21.5. The SMILES string of the molecule is Cc1cccc(N2CCN(C(=O)C3CCN(C(=O)C4CC(=O)N(C(C)(C)C)C4)CC3)CC2)c1C. The molecule has 0 saturated carbocycles. The Morgan fingerprint density at radius 1 is 0.853 bits per heavy atom. The van der Waals surface area contributed by atoms with E-state index in [9.17, 15) is 14.4 Å². The average molecular weight is 469 g/mol. The van der Waals surface area contributed by atoms with Gasteiger partial charge in [-0.3, -0.25) is 14.4 Å². The van der Waals surface area contributed by atoms with Crippen LogP contribution in [0.15, 0.2) is 18.2 Å². The predicted octanol–water partition coefficient (Wildman–Crippen LogP) is 2.84. The monoisotopic (exact) mass is 468 g/mol. The minimum absolute atomic E-state index is 0.00686. The van der Waals surface area contributed by atoms with Gasteiger partial charge in [0.05, 0.1) is 5.92 Å². The van der Waals surface area contributed by atoms with Gasteiger partial charge >= 0.3 is 0 Å². The Kier molecular flexibility index (Phi) is 6.92. The van der Waals surface area contributed by atoms with Gasteiger partial charge < -0.3 is 19.6 Å². The Bertz CT molecular complexity index is 938. The van der Waals surface area contributed by atoms with Gasteiger partial charge in [-0.2, -0.15) is 0 Å². The summed E-state index contributed by atoms with van der Waals surface area (Å²) in [7, 11) is 0. The zero-order chi connectivity index (χ0) is 24.6. The van der Waals surface area contributed by atoms with Crippen molar-refractivity contribution in [1.82, 2.24) is 14.7 Å². The molecule has 3 fully saturated rings. The quantitative estimate of drug-likeness (QED) is 0.684. The van der Waals surface area contributed by atoms with Crippen molar-refractivity contribution in [3.8, 4) is 0 Å². The van der Waals surface area contributed by atoms with Gasteiger partial charge in [-0.1, -0.05) is 12.1 Å². The second-order valence-electron chi connectivity index (χ2n) is 11.2. The number of carbonyl (C=O) groups is 3. The van der Waals surface area contributed by atoms with Gasteiger partial charge in [-0.15, -0.1) is 0 Å².